The van der Waals surface area contributed by atoms with Crippen LogP contribution in [0.1, 0.15) is 36.7 Å². The van der Waals surface area contributed by atoms with E-state index in [2.05, 4.69) is 5.32 Å². The lowest BCUT2D eigenvalue weighted by atomic mass is 10.0. The number of carbonyl (C=O) groups excluding carboxylic acids is 1. The van der Waals surface area contributed by atoms with Gasteiger partial charge in [-0.2, -0.15) is 0 Å². The van der Waals surface area contributed by atoms with E-state index in [1.807, 2.05) is 31.2 Å². The van der Waals surface area contributed by atoms with Crippen LogP contribution in [0.15, 0.2) is 47.4 Å². The van der Waals surface area contributed by atoms with Gasteiger partial charge >= 0.3 is 0 Å². The molecule has 0 saturated carbocycles. The van der Waals surface area contributed by atoms with Crippen molar-refractivity contribution in [2.45, 2.75) is 43.9 Å². The van der Waals surface area contributed by atoms with E-state index in [0.717, 1.165) is 11.1 Å². The third kappa shape index (κ3) is 4.51. The predicted molar refractivity (Wildman–Crippen MR) is 103 cm³/mol. The number of sulfone groups is 1. The summed E-state index contributed by atoms with van der Waals surface area (Å²) in [5.41, 5.74) is 2.84. The van der Waals surface area contributed by atoms with E-state index in [1.165, 1.54) is 6.07 Å². The molecule has 140 valence electrons. The number of rotatable bonds is 6. The molecule has 0 unspecified atom stereocenters. The normalized spacial score (nSPS) is 12.8. The van der Waals surface area contributed by atoms with Crippen molar-refractivity contribution in [2.75, 3.05) is 6.61 Å². The Balaban J connectivity index is 2.59. The summed E-state index contributed by atoms with van der Waals surface area (Å²) in [6, 6.07) is 11.9. The van der Waals surface area contributed by atoms with Gasteiger partial charge < -0.3 is 10.4 Å². The van der Waals surface area contributed by atoms with E-state index >= 15 is 0 Å². The maximum atomic E-state index is 12.7. The van der Waals surface area contributed by atoms with E-state index in [-0.39, 0.29) is 17.1 Å². The minimum Gasteiger partial charge on any atom is -0.394 e. The maximum Gasteiger partial charge on any atom is 0.251 e. The first-order valence-electron chi connectivity index (χ1n) is 8.53. The molecule has 2 rings (SSSR count). The number of aryl methyl sites for hydroxylation is 1. The molecular formula is C20H25NO4S. The fourth-order valence-electron chi connectivity index (χ4n) is 2.43. The van der Waals surface area contributed by atoms with E-state index < -0.39 is 27.0 Å². The van der Waals surface area contributed by atoms with E-state index in [1.54, 1.807) is 32.9 Å². The average Bonchev–Trinajstić information content (AvgIpc) is 2.61. The van der Waals surface area contributed by atoms with Gasteiger partial charge in [0.25, 0.3) is 5.91 Å². The summed E-state index contributed by atoms with van der Waals surface area (Å²) in [6.07, 6.45) is 0. The van der Waals surface area contributed by atoms with Crippen molar-refractivity contribution < 1.29 is 18.3 Å². The number of benzene rings is 2. The minimum absolute atomic E-state index is 0.118. The monoisotopic (exact) mass is 375 g/mol. The number of aliphatic hydroxyl groups is 1. The van der Waals surface area contributed by atoms with E-state index in [0.29, 0.717) is 5.56 Å². The van der Waals surface area contributed by atoms with Crippen LogP contribution in [-0.2, 0) is 9.84 Å². The number of aliphatic hydroxyl groups excluding tert-OH is 1. The molecule has 6 heteroatoms. The number of hydrogen-bond acceptors (Lipinski definition) is 4. The quantitative estimate of drug-likeness (QED) is 0.813. The highest BCUT2D eigenvalue weighted by molar-refractivity contribution is 7.92. The molecule has 0 aliphatic carbocycles. The zero-order valence-corrected chi connectivity index (χ0v) is 16.3. The van der Waals surface area contributed by atoms with Crippen LogP contribution in [0, 0.1) is 6.92 Å². The lowest BCUT2D eigenvalue weighted by Crippen LogP contribution is -2.35. The van der Waals surface area contributed by atoms with E-state index in [4.69, 9.17) is 5.11 Å². The lowest BCUT2D eigenvalue weighted by molar-refractivity contribution is 0.0922. The van der Waals surface area contributed by atoms with Gasteiger partial charge in [-0.15, -0.1) is 0 Å². The second kappa shape index (κ2) is 8.01. The first kappa shape index (κ1) is 20.1. The predicted octanol–water partition coefficient (Wildman–Crippen LogP) is 2.95. The van der Waals surface area contributed by atoms with Crippen molar-refractivity contribution in [2.24, 2.45) is 0 Å². The molecular weight excluding hydrogens is 350 g/mol. The molecule has 2 aromatic rings. The highest BCUT2D eigenvalue weighted by Crippen LogP contribution is 2.27. The number of hydrogen-bond donors (Lipinski definition) is 2. The van der Waals surface area contributed by atoms with Crippen LogP contribution in [-0.4, -0.2) is 37.3 Å². The summed E-state index contributed by atoms with van der Waals surface area (Å²) in [5.74, 6) is -0.416. The third-order valence-electron chi connectivity index (χ3n) is 4.15. The van der Waals surface area contributed by atoms with Gasteiger partial charge in [0, 0.05) is 11.6 Å². The fourth-order valence-corrected chi connectivity index (χ4v) is 3.56. The molecule has 26 heavy (non-hydrogen) atoms. The summed E-state index contributed by atoms with van der Waals surface area (Å²) < 4.78 is 25.3. The van der Waals surface area contributed by atoms with Gasteiger partial charge in [0.1, 0.15) is 0 Å². The minimum atomic E-state index is -3.53. The Bertz CT molecular complexity index is 887. The Morgan fingerprint density at radius 3 is 2.19 bits per heavy atom. The van der Waals surface area contributed by atoms with Crippen LogP contribution in [0.25, 0.3) is 11.1 Å². The van der Waals surface area contributed by atoms with Crippen LogP contribution < -0.4 is 5.32 Å². The molecule has 2 N–H and O–H groups in total. The molecule has 0 saturated heterocycles. The van der Waals surface area contributed by atoms with Gasteiger partial charge in [0.05, 0.1) is 16.8 Å². The Labute approximate surface area is 155 Å². The first-order chi connectivity index (χ1) is 12.1. The molecule has 0 aromatic heterocycles. The molecule has 0 fully saturated rings. The van der Waals surface area contributed by atoms with Crippen LogP contribution in [0.4, 0.5) is 0 Å². The van der Waals surface area contributed by atoms with Gasteiger partial charge in [-0.3, -0.25) is 4.79 Å². The van der Waals surface area contributed by atoms with Crippen LogP contribution in [0.2, 0.25) is 0 Å². The fraction of sp³-hybridized carbons (Fsp3) is 0.350. The summed E-state index contributed by atoms with van der Waals surface area (Å²) in [7, 11) is -3.53. The Hall–Kier alpha value is -2.18. The average molecular weight is 375 g/mol. The van der Waals surface area contributed by atoms with Crippen molar-refractivity contribution in [1.82, 2.24) is 5.32 Å². The van der Waals surface area contributed by atoms with Crippen LogP contribution >= 0.6 is 0 Å². The van der Waals surface area contributed by atoms with Gasteiger partial charge in [-0.1, -0.05) is 29.8 Å². The largest absolute Gasteiger partial charge is 0.394 e. The van der Waals surface area contributed by atoms with Gasteiger partial charge in [-0.25, -0.2) is 8.42 Å². The second-order valence-electron chi connectivity index (χ2n) is 6.76. The van der Waals surface area contributed by atoms with E-state index in [9.17, 15) is 13.2 Å². The standard InChI is InChI=1S/C20H25NO4S/c1-13(2)26(24,25)19-10-17(16-7-5-14(3)6-8-16)9-18(11-19)20(23)21-15(4)12-22/h5-11,13,15,22H,12H2,1-4H3,(H,21,23)/t15-/m0/s1. The van der Waals surface area contributed by atoms with Crippen molar-refractivity contribution >= 4 is 15.7 Å². The molecule has 2 aromatic carbocycles. The number of nitrogens with one attached hydrogen (secondary N) is 1. The Kier molecular flexibility index (Phi) is 6.21. The topological polar surface area (TPSA) is 83.5 Å². The van der Waals surface area contributed by atoms with Gasteiger partial charge in [0.15, 0.2) is 9.84 Å². The summed E-state index contributed by atoms with van der Waals surface area (Å²) >= 11 is 0. The van der Waals surface area contributed by atoms with Gasteiger partial charge in [0.2, 0.25) is 0 Å². The highest BCUT2D eigenvalue weighted by atomic mass is 32.2. The molecule has 5 nitrogen and oxygen atoms in total. The van der Waals surface area contributed by atoms with Crippen molar-refractivity contribution in [1.29, 1.82) is 0 Å². The molecule has 0 aliphatic heterocycles. The molecule has 1 amide bonds. The Morgan fingerprint density at radius 1 is 1.04 bits per heavy atom. The lowest BCUT2D eigenvalue weighted by Gasteiger charge is -2.15. The number of carbonyl (C=O) groups is 1. The zero-order valence-electron chi connectivity index (χ0n) is 15.5. The molecule has 1 atom stereocenters. The number of amides is 1. The SMILES string of the molecule is Cc1ccc(-c2cc(C(=O)N[C@@H](C)CO)cc(S(=O)(=O)C(C)C)c2)cc1. The summed E-state index contributed by atoms with van der Waals surface area (Å²) in [4.78, 5) is 12.6. The van der Waals surface area contributed by atoms with Gasteiger partial charge in [-0.05, 0) is 57.0 Å². The maximum absolute atomic E-state index is 12.7. The second-order valence-corrected chi connectivity index (χ2v) is 9.27. The highest BCUT2D eigenvalue weighted by Gasteiger charge is 2.22. The summed E-state index contributed by atoms with van der Waals surface area (Å²) in [6.45, 7) is 6.68. The molecule has 0 spiro atoms. The van der Waals surface area contributed by atoms with Crippen molar-refractivity contribution in [3.63, 3.8) is 0 Å². The molecule has 0 aliphatic rings. The van der Waals surface area contributed by atoms with Crippen LogP contribution in [0.5, 0.6) is 0 Å². The molecule has 0 radical (unpaired) electrons. The Morgan fingerprint density at radius 2 is 1.65 bits per heavy atom. The van der Waals surface area contributed by atoms with Crippen LogP contribution in [0.3, 0.4) is 0 Å². The summed E-state index contributed by atoms with van der Waals surface area (Å²) in [5, 5.41) is 11.2. The third-order valence-corrected chi connectivity index (χ3v) is 6.29. The smallest absolute Gasteiger partial charge is 0.251 e. The molecule has 0 heterocycles. The van der Waals surface area contributed by atoms with Crippen molar-refractivity contribution in [3.05, 3.63) is 53.6 Å². The zero-order chi connectivity index (χ0) is 19.5. The first-order valence-corrected chi connectivity index (χ1v) is 10.1. The molecule has 0 bridgehead atoms. The van der Waals surface area contributed by atoms with Crippen molar-refractivity contribution in [3.8, 4) is 11.1 Å².